The van der Waals surface area contributed by atoms with Crippen LogP contribution in [0.2, 0.25) is 0 Å². The standard InChI is InChI=1S/C47H95/c1-4-7-10-13-15-17-19-21-23-24-25-26-27-28-30-32-34-36-38-40-43-46-47(44-41-12-9-6-3)45-42-39-37-35-33-31-29-22-20-18-16-14-11-8-5-2/h47H,3-46H2,1-2H3. The van der Waals surface area contributed by atoms with E-state index in [0.717, 1.165) is 12.3 Å². The van der Waals surface area contributed by atoms with Crippen LogP contribution < -0.4 is 0 Å². The second-order valence-electron chi connectivity index (χ2n) is 16.2. The maximum Gasteiger partial charge on any atom is -0.0414 e. The van der Waals surface area contributed by atoms with E-state index in [1.807, 2.05) is 0 Å². The SMILES string of the molecule is [CH2]CCCCCC(CCCCCCCCCCCCCCCCC)CCCCCCCCCCCCCCCCCCCCCCC. The van der Waals surface area contributed by atoms with Crippen molar-refractivity contribution in [1.29, 1.82) is 0 Å². The van der Waals surface area contributed by atoms with Crippen LogP contribution in [0.1, 0.15) is 290 Å². The average Bonchev–Trinajstić information content (AvgIpc) is 3.08. The highest BCUT2D eigenvalue weighted by molar-refractivity contribution is 4.62. The van der Waals surface area contributed by atoms with Crippen LogP contribution in [-0.4, -0.2) is 0 Å². The van der Waals surface area contributed by atoms with Crippen molar-refractivity contribution in [1.82, 2.24) is 0 Å². The highest BCUT2D eigenvalue weighted by Crippen LogP contribution is 2.25. The van der Waals surface area contributed by atoms with Gasteiger partial charge in [-0.3, -0.25) is 0 Å². The largest absolute Gasteiger partial charge is 0.0654 e. The van der Waals surface area contributed by atoms with Gasteiger partial charge in [0.05, 0.1) is 0 Å². The fraction of sp³-hybridized carbons (Fsp3) is 0.979. The fourth-order valence-electron chi connectivity index (χ4n) is 7.89. The molecule has 0 nitrogen and oxygen atoms in total. The first-order chi connectivity index (χ1) is 23.3. The van der Waals surface area contributed by atoms with Gasteiger partial charge in [0.15, 0.2) is 0 Å². The first kappa shape index (κ1) is 47.0. The third kappa shape index (κ3) is 42.1. The summed E-state index contributed by atoms with van der Waals surface area (Å²) in [5.74, 6) is 1.02. The minimum Gasteiger partial charge on any atom is -0.0654 e. The summed E-state index contributed by atoms with van der Waals surface area (Å²) in [5, 5.41) is 0. The van der Waals surface area contributed by atoms with Gasteiger partial charge in [-0.15, -0.1) is 0 Å². The lowest BCUT2D eigenvalue weighted by Crippen LogP contribution is -2.01. The van der Waals surface area contributed by atoms with Crippen molar-refractivity contribution in [2.75, 3.05) is 0 Å². The van der Waals surface area contributed by atoms with E-state index in [9.17, 15) is 0 Å². The van der Waals surface area contributed by atoms with Crippen LogP contribution in [0, 0.1) is 12.8 Å². The van der Waals surface area contributed by atoms with Crippen LogP contribution in [0.25, 0.3) is 0 Å². The third-order valence-electron chi connectivity index (χ3n) is 11.3. The van der Waals surface area contributed by atoms with Crippen molar-refractivity contribution in [2.24, 2.45) is 5.92 Å². The first-order valence-electron chi connectivity index (χ1n) is 23.1. The molecule has 0 heterocycles. The zero-order chi connectivity index (χ0) is 34.0. The minimum atomic E-state index is 1.02. The molecule has 0 saturated carbocycles. The molecule has 0 rings (SSSR count). The zero-order valence-electron chi connectivity index (χ0n) is 33.7. The summed E-state index contributed by atoms with van der Waals surface area (Å²) in [4.78, 5) is 0. The quantitative estimate of drug-likeness (QED) is 0.0571. The van der Waals surface area contributed by atoms with E-state index in [-0.39, 0.29) is 0 Å². The van der Waals surface area contributed by atoms with Crippen LogP contribution >= 0.6 is 0 Å². The van der Waals surface area contributed by atoms with E-state index in [4.69, 9.17) is 0 Å². The molecule has 0 heteroatoms. The van der Waals surface area contributed by atoms with E-state index in [1.165, 1.54) is 270 Å². The summed E-state index contributed by atoms with van der Waals surface area (Å²) < 4.78 is 0. The van der Waals surface area contributed by atoms with Crippen molar-refractivity contribution >= 4 is 0 Å². The maximum absolute atomic E-state index is 4.06. The van der Waals surface area contributed by atoms with Crippen molar-refractivity contribution in [3.63, 3.8) is 0 Å². The van der Waals surface area contributed by atoms with Gasteiger partial charge in [-0.05, 0) is 5.92 Å². The smallest absolute Gasteiger partial charge is 0.0414 e. The Balaban J connectivity index is 3.55. The van der Waals surface area contributed by atoms with E-state index in [1.54, 1.807) is 0 Å². The van der Waals surface area contributed by atoms with Gasteiger partial charge in [0, 0.05) is 0 Å². The van der Waals surface area contributed by atoms with E-state index < -0.39 is 0 Å². The molecular weight excluding hydrogens is 565 g/mol. The van der Waals surface area contributed by atoms with Crippen LogP contribution in [0.15, 0.2) is 0 Å². The Morgan fingerprint density at radius 2 is 0.404 bits per heavy atom. The third-order valence-corrected chi connectivity index (χ3v) is 11.3. The van der Waals surface area contributed by atoms with Gasteiger partial charge >= 0.3 is 0 Å². The summed E-state index contributed by atoms with van der Waals surface area (Å²) in [6.45, 7) is 8.69. The maximum atomic E-state index is 4.06. The Labute approximate surface area is 302 Å². The zero-order valence-corrected chi connectivity index (χ0v) is 33.7. The molecule has 0 saturated heterocycles. The van der Waals surface area contributed by atoms with Crippen LogP contribution in [0.3, 0.4) is 0 Å². The second kappa shape index (κ2) is 44.0. The van der Waals surface area contributed by atoms with Gasteiger partial charge in [-0.25, -0.2) is 0 Å². The van der Waals surface area contributed by atoms with E-state index in [0.29, 0.717) is 0 Å². The summed E-state index contributed by atoms with van der Waals surface area (Å²) in [5.41, 5.74) is 0. The molecule has 0 fully saturated rings. The van der Waals surface area contributed by atoms with E-state index >= 15 is 0 Å². The van der Waals surface area contributed by atoms with Crippen LogP contribution in [0.5, 0.6) is 0 Å². The Kier molecular flexibility index (Phi) is 44.0. The van der Waals surface area contributed by atoms with Gasteiger partial charge in [-0.1, -0.05) is 297 Å². The Hall–Kier alpha value is 0. The highest BCUT2D eigenvalue weighted by Gasteiger charge is 2.09. The molecule has 0 aromatic carbocycles. The van der Waals surface area contributed by atoms with Gasteiger partial charge in [0.25, 0.3) is 0 Å². The minimum absolute atomic E-state index is 1.02. The lowest BCUT2D eigenvalue weighted by molar-refractivity contribution is 0.366. The number of rotatable bonds is 43. The van der Waals surface area contributed by atoms with Gasteiger partial charge < -0.3 is 0 Å². The first-order valence-corrected chi connectivity index (χ1v) is 23.1. The molecule has 0 aliphatic carbocycles. The molecular formula is C47H95. The molecule has 283 valence electrons. The Morgan fingerprint density at radius 1 is 0.234 bits per heavy atom. The molecule has 0 spiro atoms. The lowest BCUT2D eigenvalue weighted by atomic mass is 9.89. The Bertz CT molecular complexity index is 508. The van der Waals surface area contributed by atoms with Crippen molar-refractivity contribution in [2.45, 2.75) is 290 Å². The summed E-state index contributed by atoms with van der Waals surface area (Å²) >= 11 is 0. The molecule has 0 bridgehead atoms. The van der Waals surface area contributed by atoms with Crippen LogP contribution in [-0.2, 0) is 0 Å². The predicted molar refractivity (Wildman–Crippen MR) is 219 cm³/mol. The Morgan fingerprint density at radius 3 is 0.596 bits per heavy atom. The molecule has 0 amide bonds. The molecule has 1 atom stereocenters. The van der Waals surface area contributed by atoms with Gasteiger partial charge in [0.1, 0.15) is 0 Å². The van der Waals surface area contributed by atoms with Crippen LogP contribution in [0.4, 0.5) is 0 Å². The van der Waals surface area contributed by atoms with Gasteiger partial charge in [0.2, 0.25) is 0 Å². The van der Waals surface area contributed by atoms with Crippen molar-refractivity contribution in [3.05, 3.63) is 6.92 Å². The molecule has 0 N–H and O–H groups in total. The topological polar surface area (TPSA) is 0 Å². The molecule has 0 aliphatic rings. The fourth-order valence-corrected chi connectivity index (χ4v) is 7.89. The summed E-state index contributed by atoms with van der Waals surface area (Å²) in [7, 11) is 0. The van der Waals surface area contributed by atoms with Gasteiger partial charge in [-0.2, -0.15) is 0 Å². The summed E-state index contributed by atoms with van der Waals surface area (Å²) in [6.07, 6.45) is 63.1. The lowest BCUT2D eigenvalue weighted by Gasteiger charge is -2.17. The highest BCUT2D eigenvalue weighted by atomic mass is 14.1. The molecule has 1 radical (unpaired) electrons. The second-order valence-corrected chi connectivity index (χ2v) is 16.2. The van der Waals surface area contributed by atoms with Crippen molar-refractivity contribution in [3.8, 4) is 0 Å². The van der Waals surface area contributed by atoms with Crippen molar-refractivity contribution < 1.29 is 0 Å². The molecule has 0 aromatic rings. The van der Waals surface area contributed by atoms with E-state index in [2.05, 4.69) is 20.8 Å². The normalized spacial score (nSPS) is 12.3. The summed E-state index contributed by atoms with van der Waals surface area (Å²) in [6, 6.07) is 0. The predicted octanol–water partition coefficient (Wildman–Crippen LogP) is 18.3. The molecule has 47 heavy (non-hydrogen) atoms. The molecule has 0 aromatic heterocycles. The number of hydrogen-bond acceptors (Lipinski definition) is 0. The average molecular weight is 660 g/mol. The monoisotopic (exact) mass is 660 g/mol. The molecule has 1 unspecified atom stereocenters. The molecule has 0 aliphatic heterocycles. The number of unbranched alkanes of at least 4 members (excludes halogenated alkanes) is 37. The number of hydrogen-bond donors (Lipinski definition) is 0.